The summed E-state index contributed by atoms with van der Waals surface area (Å²) < 4.78 is 8.61. The fourth-order valence-corrected chi connectivity index (χ4v) is 3.43. The quantitative estimate of drug-likeness (QED) is 0.749. The molecule has 1 aliphatic carbocycles. The van der Waals surface area contributed by atoms with Gasteiger partial charge in [-0.15, -0.1) is 0 Å². The highest BCUT2D eigenvalue weighted by Gasteiger charge is 2.25. The number of hydrogen-bond donors (Lipinski definition) is 1. The number of nitrogens with zero attached hydrogens (tertiary/aromatic N) is 2. The first kappa shape index (κ1) is 13.0. The Morgan fingerprint density at radius 3 is 2.86 bits per heavy atom. The van der Waals surface area contributed by atoms with Gasteiger partial charge in [0.05, 0.1) is 22.4 Å². The minimum absolute atomic E-state index is 0.694. The molecule has 0 atom stereocenters. The van der Waals surface area contributed by atoms with Crippen molar-refractivity contribution in [2.45, 2.75) is 25.3 Å². The van der Waals surface area contributed by atoms with E-state index in [4.69, 9.17) is 11.6 Å². The summed E-state index contributed by atoms with van der Waals surface area (Å²) >= 11 is 7.53. The van der Waals surface area contributed by atoms with Gasteiger partial charge in [0, 0.05) is 6.54 Å². The number of nitrogens with one attached hydrogen (secondary N) is 1. The SMILES string of the molecule is Clc1ccc2nsnc2c1NCc1ccccc1C1CC1. The van der Waals surface area contributed by atoms with Crippen LogP contribution in [0.3, 0.4) is 0 Å². The molecule has 5 heteroatoms. The third kappa shape index (κ3) is 2.49. The van der Waals surface area contributed by atoms with Crippen molar-refractivity contribution < 1.29 is 0 Å². The van der Waals surface area contributed by atoms with Crippen molar-refractivity contribution >= 4 is 40.0 Å². The van der Waals surface area contributed by atoms with Gasteiger partial charge in [0.15, 0.2) is 0 Å². The Morgan fingerprint density at radius 2 is 2.00 bits per heavy atom. The molecule has 0 radical (unpaired) electrons. The van der Waals surface area contributed by atoms with Crippen LogP contribution in [0.15, 0.2) is 36.4 Å². The van der Waals surface area contributed by atoms with Gasteiger partial charge in [-0.3, -0.25) is 0 Å². The van der Waals surface area contributed by atoms with Gasteiger partial charge >= 0.3 is 0 Å². The first-order valence-corrected chi connectivity index (χ1v) is 8.16. The van der Waals surface area contributed by atoms with Crippen molar-refractivity contribution in [2.24, 2.45) is 0 Å². The lowest BCUT2D eigenvalue weighted by Gasteiger charge is -2.12. The molecule has 1 N–H and O–H groups in total. The van der Waals surface area contributed by atoms with Crippen molar-refractivity contribution in [3.63, 3.8) is 0 Å². The summed E-state index contributed by atoms with van der Waals surface area (Å²) in [6.45, 7) is 0.767. The van der Waals surface area contributed by atoms with Crippen LogP contribution in [0, 0.1) is 0 Å². The Morgan fingerprint density at radius 1 is 1.14 bits per heavy atom. The van der Waals surface area contributed by atoms with E-state index in [0.29, 0.717) is 5.02 Å². The van der Waals surface area contributed by atoms with Gasteiger partial charge in [-0.05, 0) is 42.0 Å². The Hall–Kier alpha value is -1.65. The highest BCUT2D eigenvalue weighted by molar-refractivity contribution is 7.00. The first-order chi connectivity index (χ1) is 10.3. The van der Waals surface area contributed by atoms with Crippen LogP contribution in [0.2, 0.25) is 5.02 Å². The monoisotopic (exact) mass is 315 g/mol. The van der Waals surface area contributed by atoms with Crippen LogP contribution in [-0.4, -0.2) is 8.75 Å². The summed E-state index contributed by atoms with van der Waals surface area (Å²) in [5, 5.41) is 4.15. The van der Waals surface area contributed by atoms with E-state index in [1.165, 1.54) is 35.7 Å². The molecule has 3 aromatic rings. The number of aromatic nitrogens is 2. The maximum absolute atomic E-state index is 6.32. The zero-order valence-electron chi connectivity index (χ0n) is 11.3. The van der Waals surface area contributed by atoms with Crippen molar-refractivity contribution in [1.82, 2.24) is 8.75 Å². The lowest BCUT2D eigenvalue weighted by Crippen LogP contribution is -2.03. The molecular weight excluding hydrogens is 302 g/mol. The van der Waals surface area contributed by atoms with Crippen molar-refractivity contribution in [3.8, 4) is 0 Å². The Labute approximate surface area is 132 Å². The summed E-state index contributed by atoms with van der Waals surface area (Å²) in [5.74, 6) is 0.746. The van der Waals surface area contributed by atoms with E-state index in [1.54, 1.807) is 0 Å². The molecule has 0 bridgehead atoms. The number of anilines is 1. The summed E-state index contributed by atoms with van der Waals surface area (Å²) in [4.78, 5) is 0. The minimum Gasteiger partial charge on any atom is -0.378 e. The number of hydrogen-bond acceptors (Lipinski definition) is 4. The molecule has 1 aliphatic rings. The first-order valence-electron chi connectivity index (χ1n) is 7.05. The van der Waals surface area contributed by atoms with Gasteiger partial charge in [-0.2, -0.15) is 8.75 Å². The predicted molar refractivity (Wildman–Crippen MR) is 88.2 cm³/mol. The number of benzene rings is 2. The topological polar surface area (TPSA) is 37.8 Å². The second-order valence-corrected chi connectivity index (χ2v) is 6.32. The Kier molecular flexibility index (Phi) is 3.28. The maximum Gasteiger partial charge on any atom is 0.129 e. The smallest absolute Gasteiger partial charge is 0.129 e. The third-order valence-corrected chi connectivity index (χ3v) is 4.76. The minimum atomic E-state index is 0.694. The van der Waals surface area contributed by atoms with Gasteiger partial charge < -0.3 is 5.32 Å². The van der Waals surface area contributed by atoms with Crippen molar-refractivity contribution in [3.05, 3.63) is 52.5 Å². The van der Waals surface area contributed by atoms with Crippen molar-refractivity contribution in [2.75, 3.05) is 5.32 Å². The number of rotatable bonds is 4. The van der Waals surface area contributed by atoms with Crippen LogP contribution >= 0.6 is 23.3 Å². The normalized spacial score (nSPS) is 14.5. The zero-order valence-corrected chi connectivity index (χ0v) is 12.9. The molecule has 0 aliphatic heterocycles. The van der Waals surface area contributed by atoms with E-state index in [-0.39, 0.29) is 0 Å². The van der Waals surface area contributed by atoms with E-state index in [9.17, 15) is 0 Å². The van der Waals surface area contributed by atoms with E-state index < -0.39 is 0 Å². The molecule has 21 heavy (non-hydrogen) atoms. The van der Waals surface area contributed by atoms with Crippen LogP contribution < -0.4 is 5.32 Å². The van der Waals surface area contributed by atoms with Crippen LogP contribution in [0.5, 0.6) is 0 Å². The third-order valence-electron chi connectivity index (χ3n) is 3.90. The summed E-state index contributed by atoms with van der Waals surface area (Å²) in [7, 11) is 0. The zero-order chi connectivity index (χ0) is 14.2. The molecule has 0 spiro atoms. The van der Waals surface area contributed by atoms with Gasteiger partial charge in [-0.25, -0.2) is 0 Å². The lowest BCUT2D eigenvalue weighted by atomic mass is 10.0. The molecular formula is C16H14ClN3S. The molecule has 1 saturated carbocycles. The van der Waals surface area contributed by atoms with E-state index >= 15 is 0 Å². The summed E-state index contributed by atoms with van der Waals surface area (Å²) in [6, 6.07) is 12.4. The van der Waals surface area contributed by atoms with Crippen molar-refractivity contribution in [1.29, 1.82) is 0 Å². The molecule has 106 valence electrons. The fraction of sp³-hybridized carbons (Fsp3) is 0.250. The number of halogens is 1. The molecule has 1 fully saturated rings. The standard InChI is InChI=1S/C16H14ClN3S/c17-13-7-8-14-16(20-21-19-14)15(13)18-9-11-3-1-2-4-12(11)10-5-6-10/h1-4,7-8,10,18H,5-6,9H2. The van der Waals surface area contributed by atoms with E-state index in [2.05, 4.69) is 38.3 Å². The van der Waals surface area contributed by atoms with Gasteiger partial charge in [0.1, 0.15) is 11.0 Å². The van der Waals surface area contributed by atoms with Crippen LogP contribution in [0.25, 0.3) is 11.0 Å². The summed E-state index contributed by atoms with van der Waals surface area (Å²) in [6.07, 6.45) is 2.62. The lowest BCUT2D eigenvalue weighted by molar-refractivity contribution is 1.04. The largest absolute Gasteiger partial charge is 0.378 e. The van der Waals surface area contributed by atoms with Crippen LogP contribution in [0.4, 0.5) is 5.69 Å². The van der Waals surface area contributed by atoms with Gasteiger partial charge in [0.2, 0.25) is 0 Å². The second-order valence-electron chi connectivity index (χ2n) is 5.38. The fourth-order valence-electron chi connectivity index (χ4n) is 2.67. The molecule has 0 amide bonds. The molecule has 4 rings (SSSR count). The molecule has 0 saturated heterocycles. The Bertz CT molecular complexity index is 795. The predicted octanol–water partition coefficient (Wildman–Crippen LogP) is 4.83. The average molecular weight is 316 g/mol. The Balaban J connectivity index is 1.64. The molecule has 2 aromatic carbocycles. The molecule has 3 nitrogen and oxygen atoms in total. The molecule has 1 aromatic heterocycles. The van der Waals surface area contributed by atoms with Crippen LogP contribution in [0.1, 0.15) is 29.9 Å². The highest BCUT2D eigenvalue weighted by atomic mass is 35.5. The number of fused-ring (bicyclic) bond motifs is 1. The second kappa shape index (κ2) is 5.28. The van der Waals surface area contributed by atoms with Crippen LogP contribution in [-0.2, 0) is 6.54 Å². The molecule has 0 unspecified atom stereocenters. The summed E-state index contributed by atoms with van der Waals surface area (Å²) in [5.41, 5.74) is 5.44. The van der Waals surface area contributed by atoms with Gasteiger partial charge in [0.25, 0.3) is 0 Å². The average Bonchev–Trinajstić information content (AvgIpc) is 3.24. The van der Waals surface area contributed by atoms with E-state index in [1.807, 2.05) is 12.1 Å². The maximum atomic E-state index is 6.32. The molecule has 1 heterocycles. The van der Waals surface area contributed by atoms with E-state index in [0.717, 1.165) is 29.2 Å². The highest BCUT2D eigenvalue weighted by Crippen LogP contribution is 2.42. The van der Waals surface area contributed by atoms with Gasteiger partial charge in [-0.1, -0.05) is 35.9 Å².